The van der Waals surface area contributed by atoms with Crippen LogP contribution < -0.4 is 4.74 Å². The first-order valence-corrected chi connectivity index (χ1v) is 5.28. The zero-order valence-electron chi connectivity index (χ0n) is 9.14. The number of hydrogen-bond donors (Lipinski definition) is 1. The van der Waals surface area contributed by atoms with Crippen molar-refractivity contribution < 1.29 is 14.2 Å². The summed E-state index contributed by atoms with van der Waals surface area (Å²) in [6.45, 7) is 0.0189. The van der Waals surface area contributed by atoms with E-state index in [1.807, 2.05) is 12.1 Å². The smallest absolute Gasteiger partial charge is 0.255 e. The van der Waals surface area contributed by atoms with E-state index in [1.54, 1.807) is 12.1 Å². The third-order valence-electron chi connectivity index (χ3n) is 2.29. The number of aliphatic hydroxyl groups excluding tert-OH is 1. The average molecular weight is 233 g/mol. The molecule has 3 nitrogen and oxygen atoms in total. The van der Waals surface area contributed by atoms with E-state index >= 15 is 0 Å². The molecule has 1 aromatic carbocycles. The van der Waals surface area contributed by atoms with E-state index in [2.05, 4.69) is 4.98 Å². The van der Waals surface area contributed by atoms with E-state index in [1.165, 1.54) is 18.3 Å². The van der Waals surface area contributed by atoms with E-state index in [-0.39, 0.29) is 12.5 Å². The highest BCUT2D eigenvalue weighted by molar-refractivity contribution is 5.36. The maximum atomic E-state index is 13.4. The molecule has 88 valence electrons. The Labute approximate surface area is 98.5 Å². The van der Waals surface area contributed by atoms with Crippen molar-refractivity contribution >= 4 is 0 Å². The van der Waals surface area contributed by atoms with Crippen LogP contribution in [0.5, 0.6) is 11.6 Å². The second-order valence-corrected chi connectivity index (χ2v) is 3.47. The minimum atomic E-state index is -0.508. The third kappa shape index (κ3) is 2.79. The zero-order valence-corrected chi connectivity index (χ0v) is 9.14. The number of rotatable bonds is 4. The molecular weight excluding hydrogens is 221 g/mol. The van der Waals surface area contributed by atoms with Gasteiger partial charge in [-0.05, 0) is 30.2 Å². The van der Waals surface area contributed by atoms with Crippen molar-refractivity contribution in [1.82, 2.24) is 4.98 Å². The molecule has 0 amide bonds. The Morgan fingerprint density at radius 2 is 2.00 bits per heavy atom. The van der Waals surface area contributed by atoms with E-state index < -0.39 is 5.82 Å². The normalized spacial score (nSPS) is 10.2. The van der Waals surface area contributed by atoms with Gasteiger partial charge in [0, 0.05) is 12.8 Å². The van der Waals surface area contributed by atoms with Gasteiger partial charge in [0.15, 0.2) is 5.82 Å². The number of hydrogen-bond acceptors (Lipinski definition) is 3. The molecule has 0 aliphatic carbocycles. The summed E-state index contributed by atoms with van der Waals surface area (Å²) in [5, 5.41) is 8.92. The molecule has 0 saturated carbocycles. The molecule has 0 bridgehead atoms. The van der Waals surface area contributed by atoms with Crippen molar-refractivity contribution in [2.45, 2.75) is 6.42 Å². The molecule has 0 fully saturated rings. The van der Waals surface area contributed by atoms with Gasteiger partial charge in [0.25, 0.3) is 5.88 Å². The third-order valence-corrected chi connectivity index (χ3v) is 2.29. The highest BCUT2D eigenvalue weighted by Crippen LogP contribution is 2.25. The second kappa shape index (κ2) is 5.41. The van der Waals surface area contributed by atoms with Crippen LogP contribution in [0.25, 0.3) is 0 Å². The Hall–Kier alpha value is -1.94. The first-order valence-electron chi connectivity index (χ1n) is 5.28. The summed E-state index contributed by atoms with van der Waals surface area (Å²) in [6.07, 6.45) is 1.93. The summed E-state index contributed by atoms with van der Waals surface area (Å²) in [5.74, 6) is -0.0525. The van der Waals surface area contributed by atoms with Gasteiger partial charge < -0.3 is 9.84 Å². The lowest BCUT2D eigenvalue weighted by atomic mass is 10.1. The fraction of sp³-hybridized carbons (Fsp3) is 0.154. The molecule has 17 heavy (non-hydrogen) atoms. The monoisotopic (exact) mass is 233 g/mol. The van der Waals surface area contributed by atoms with Crippen molar-refractivity contribution in [3.05, 3.63) is 54.0 Å². The highest BCUT2D eigenvalue weighted by atomic mass is 19.1. The second-order valence-electron chi connectivity index (χ2n) is 3.47. The number of halogens is 1. The predicted molar refractivity (Wildman–Crippen MR) is 61.5 cm³/mol. The Kier molecular flexibility index (Phi) is 3.67. The zero-order chi connectivity index (χ0) is 12.1. The molecule has 0 radical (unpaired) electrons. The van der Waals surface area contributed by atoms with Crippen LogP contribution in [0.2, 0.25) is 0 Å². The molecule has 0 saturated heterocycles. The lowest BCUT2D eigenvalue weighted by Gasteiger charge is -2.09. The Bertz CT molecular complexity index is 502. The van der Waals surface area contributed by atoms with Gasteiger partial charge in [-0.1, -0.05) is 18.2 Å². The molecule has 1 aromatic heterocycles. The Morgan fingerprint density at radius 1 is 1.18 bits per heavy atom. The van der Waals surface area contributed by atoms with Crippen molar-refractivity contribution in [2.24, 2.45) is 0 Å². The SMILES string of the molecule is OCCc1ccccc1Oc1ncccc1F. The molecule has 0 unspecified atom stereocenters. The fourth-order valence-electron chi connectivity index (χ4n) is 1.48. The summed E-state index contributed by atoms with van der Waals surface area (Å²) >= 11 is 0. The van der Waals surface area contributed by atoms with Crippen LogP contribution >= 0.6 is 0 Å². The summed E-state index contributed by atoms with van der Waals surface area (Å²) in [4.78, 5) is 3.82. The van der Waals surface area contributed by atoms with Crippen LogP contribution in [-0.4, -0.2) is 16.7 Å². The minimum Gasteiger partial charge on any atom is -0.436 e. The summed E-state index contributed by atoms with van der Waals surface area (Å²) in [5.41, 5.74) is 0.819. The molecule has 4 heteroatoms. The van der Waals surface area contributed by atoms with Gasteiger partial charge in [-0.2, -0.15) is 0 Å². The molecular formula is C13H12FNO2. The van der Waals surface area contributed by atoms with Crippen molar-refractivity contribution in [3.63, 3.8) is 0 Å². The van der Waals surface area contributed by atoms with Crippen LogP contribution in [0.15, 0.2) is 42.6 Å². The molecule has 0 aliphatic rings. The van der Waals surface area contributed by atoms with Crippen LogP contribution in [0.4, 0.5) is 4.39 Å². The van der Waals surface area contributed by atoms with E-state index in [0.29, 0.717) is 12.2 Å². The molecule has 2 rings (SSSR count). The lowest BCUT2D eigenvalue weighted by molar-refractivity contribution is 0.297. The fourth-order valence-corrected chi connectivity index (χ4v) is 1.48. The van der Waals surface area contributed by atoms with Crippen LogP contribution in [0.3, 0.4) is 0 Å². The number of pyridine rings is 1. The quantitative estimate of drug-likeness (QED) is 0.882. The van der Waals surface area contributed by atoms with Gasteiger partial charge in [0.2, 0.25) is 0 Å². The van der Waals surface area contributed by atoms with Gasteiger partial charge in [0.05, 0.1) is 0 Å². The van der Waals surface area contributed by atoms with Gasteiger partial charge in [-0.15, -0.1) is 0 Å². The van der Waals surface area contributed by atoms with Crippen LogP contribution in [-0.2, 0) is 6.42 Å². The number of nitrogens with zero attached hydrogens (tertiary/aromatic N) is 1. The maximum absolute atomic E-state index is 13.4. The molecule has 1 heterocycles. The first-order chi connectivity index (χ1) is 8.31. The topological polar surface area (TPSA) is 42.4 Å². The van der Waals surface area contributed by atoms with E-state index in [0.717, 1.165) is 5.56 Å². The summed E-state index contributed by atoms with van der Waals surface area (Å²) < 4.78 is 18.8. The molecule has 0 atom stereocenters. The Balaban J connectivity index is 2.27. The molecule has 1 N–H and O–H groups in total. The van der Waals surface area contributed by atoms with Crippen LogP contribution in [0, 0.1) is 5.82 Å². The number of benzene rings is 1. The number of ether oxygens (including phenoxy) is 1. The van der Waals surface area contributed by atoms with Crippen molar-refractivity contribution in [3.8, 4) is 11.6 Å². The minimum absolute atomic E-state index is 0.0189. The number of aromatic nitrogens is 1. The first kappa shape index (κ1) is 11.5. The highest BCUT2D eigenvalue weighted by Gasteiger charge is 2.08. The number of para-hydroxylation sites is 1. The van der Waals surface area contributed by atoms with Crippen LogP contribution in [0.1, 0.15) is 5.56 Å². The predicted octanol–water partition coefficient (Wildman–Crippen LogP) is 2.55. The van der Waals surface area contributed by atoms with Gasteiger partial charge >= 0.3 is 0 Å². The Morgan fingerprint density at radius 3 is 2.76 bits per heavy atom. The van der Waals surface area contributed by atoms with E-state index in [4.69, 9.17) is 9.84 Å². The molecule has 2 aromatic rings. The lowest BCUT2D eigenvalue weighted by Crippen LogP contribution is -1.97. The summed E-state index contributed by atoms with van der Waals surface area (Å²) in [7, 11) is 0. The van der Waals surface area contributed by atoms with Gasteiger partial charge in [-0.3, -0.25) is 0 Å². The van der Waals surface area contributed by atoms with Crippen molar-refractivity contribution in [2.75, 3.05) is 6.61 Å². The number of aliphatic hydroxyl groups is 1. The maximum Gasteiger partial charge on any atom is 0.255 e. The van der Waals surface area contributed by atoms with Crippen molar-refractivity contribution in [1.29, 1.82) is 0 Å². The largest absolute Gasteiger partial charge is 0.436 e. The molecule has 0 aliphatic heterocycles. The van der Waals surface area contributed by atoms with Gasteiger partial charge in [0.1, 0.15) is 5.75 Å². The standard InChI is InChI=1S/C13H12FNO2/c14-11-5-3-8-15-13(11)17-12-6-2-1-4-10(12)7-9-16/h1-6,8,16H,7,9H2. The average Bonchev–Trinajstić information content (AvgIpc) is 2.35. The van der Waals surface area contributed by atoms with Gasteiger partial charge in [-0.25, -0.2) is 9.37 Å². The van der Waals surface area contributed by atoms with E-state index in [9.17, 15) is 4.39 Å². The molecule has 0 spiro atoms. The summed E-state index contributed by atoms with van der Waals surface area (Å²) in [6, 6.07) is 9.97.